The maximum Gasteiger partial charge on any atom is 0.333 e. The second kappa shape index (κ2) is 7.23. The zero-order valence-electron chi connectivity index (χ0n) is 13.4. The van der Waals surface area contributed by atoms with Crippen molar-refractivity contribution in [3.8, 4) is 0 Å². The van der Waals surface area contributed by atoms with Gasteiger partial charge in [0.25, 0.3) is 0 Å². The quantitative estimate of drug-likeness (QED) is 0.476. The summed E-state index contributed by atoms with van der Waals surface area (Å²) in [4.78, 5) is 12.2. The Hall–Kier alpha value is -2.13. The molecule has 114 valence electrons. The van der Waals surface area contributed by atoms with E-state index in [4.69, 9.17) is 4.74 Å². The Morgan fingerprint density at radius 1 is 1.00 bits per heavy atom. The summed E-state index contributed by atoms with van der Waals surface area (Å²) in [6, 6.07) is 21.1. The number of hydrogen-bond acceptors (Lipinski definition) is 2. The van der Waals surface area contributed by atoms with Gasteiger partial charge >= 0.3 is 5.97 Å². The summed E-state index contributed by atoms with van der Waals surface area (Å²) in [6.07, 6.45) is 1.95. The van der Waals surface area contributed by atoms with E-state index in [2.05, 4.69) is 37.4 Å². The number of hydrogen-bond donors (Lipinski definition) is 0. The van der Waals surface area contributed by atoms with Crippen LogP contribution in [-0.2, 0) is 9.53 Å². The predicted molar refractivity (Wildman–Crippen MR) is 94.8 cm³/mol. The van der Waals surface area contributed by atoms with E-state index in [0.717, 1.165) is 17.2 Å². The maximum atomic E-state index is 12.2. The first-order chi connectivity index (χ1) is 10.5. The summed E-state index contributed by atoms with van der Waals surface area (Å²) in [7, 11) is -0.302. The first-order valence-corrected chi connectivity index (χ1v) is 10.6. The Bertz CT molecular complexity index is 646. The minimum atomic E-state index is -1.74. The lowest BCUT2D eigenvalue weighted by Crippen LogP contribution is -2.42. The van der Waals surface area contributed by atoms with E-state index < -0.39 is 8.07 Å². The fraction of sp³-hybridized carbons (Fsp3) is 0.211. The van der Waals surface area contributed by atoms with E-state index in [9.17, 15) is 4.79 Å². The van der Waals surface area contributed by atoms with Gasteiger partial charge in [-0.3, -0.25) is 0 Å². The predicted octanol–water partition coefficient (Wildman–Crippen LogP) is 3.86. The molecule has 0 saturated heterocycles. The Morgan fingerprint density at radius 3 is 2.09 bits per heavy atom. The Labute approximate surface area is 133 Å². The molecule has 0 aliphatic heterocycles. The first-order valence-electron chi connectivity index (χ1n) is 7.42. The molecule has 0 N–H and O–H groups in total. The third kappa shape index (κ3) is 4.18. The molecule has 0 aliphatic rings. The minimum Gasteiger partial charge on any atom is -0.466 e. The molecule has 0 bridgehead atoms. The fourth-order valence-electron chi connectivity index (χ4n) is 2.53. The van der Waals surface area contributed by atoms with Crippen LogP contribution >= 0.6 is 0 Å². The highest BCUT2D eigenvalue weighted by atomic mass is 28.3. The molecule has 2 rings (SSSR count). The maximum absolute atomic E-state index is 12.2. The molecule has 0 aliphatic carbocycles. The monoisotopic (exact) mass is 310 g/mol. The van der Waals surface area contributed by atoms with Crippen LogP contribution in [0.3, 0.4) is 0 Å². The van der Waals surface area contributed by atoms with Crippen molar-refractivity contribution in [2.24, 2.45) is 0 Å². The average Bonchev–Trinajstić information content (AvgIpc) is 2.55. The van der Waals surface area contributed by atoms with Gasteiger partial charge in [0.05, 0.1) is 15.2 Å². The molecule has 0 spiro atoms. The van der Waals surface area contributed by atoms with Crippen LogP contribution in [0.1, 0.15) is 5.56 Å². The zero-order chi connectivity index (χ0) is 16.0. The molecular formula is C19H22O2Si. The number of carbonyl (C=O) groups is 1. The lowest BCUT2D eigenvalue weighted by molar-refractivity contribution is -0.135. The van der Waals surface area contributed by atoms with Gasteiger partial charge in [0.2, 0.25) is 0 Å². The normalized spacial score (nSPS) is 12.0. The lowest BCUT2D eigenvalue weighted by atomic mass is 10.1. The molecule has 0 radical (unpaired) electrons. The molecule has 2 nitrogen and oxygen atoms in total. The van der Waals surface area contributed by atoms with E-state index in [-0.39, 0.29) is 5.97 Å². The van der Waals surface area contributed by atoms with E-state index in [0.29, 0.717) is 0 Å². The zero-order valence-corrected chi connectivity index (χ0v) is 14.4. The Kier molecular flexibility index (Phi) is 5.34. The van der Waals surface area contributed by atoms with Gasteiger partial charge in [-0.2, -0.15) is 0 Å². The van der Waals surface area contributed by atoms with Crippen molar-refractivity contribution in [2.45, 2.75) is 19.1 Å². The van der Waals surface area contributed by atoms with Crippen LogP contribution in [0.2, 0.25) is 19.1 Å². The molecule has 2 aromatic carbocycles. The van der Waals surface area contributed by atoms with E-state index in [1.165, 1.54) is 12.3 Å². The topological polar surface area (TPSA) is 26.3 Å². The molecule has 0 amide bonds. The van der Waals surface area contributed by atoms with Crippen LogP contribution in [0.25, 0.3) is 6.08 Å². The molecule has 0 aromatic heterocycles. The molecule has 0 heterocycles. The van der Waals surface area contributed by atoms with Crippen molar-refractivity contribution < 1.29 is 9.53 Å². The highest BCUT2D eigenvalue weighted by Crippen LogP contribution is 2.20. The van der Waals surface area contributed by atoms with E-state index >= 15 is 0 Å². The Morgan fingerprint density at radius 2 is 1.55 bits per heavy atom. The number of ether oxygens (including phenoxy) is 1. The largest absolute Gasteiger partial charge is 0.466 e. The van der Waals surface area contributed by atoms with Gasteiger partial charge in [0.1, 0.15) is 0 Å². The summed E-state index contributed by atoms with van der Waals surface area (Å²) in [5.74, 6) is -0.236. The van der Waals surface area contributed by atoms with Crippen molar-refractivity contribution in [3.05, 3.63) is 71.8 Å². The number of carbonyl (C=O) groups excluding carboxylic acids is 1. The van der Waals surface area contributed by atoms with Crippen molar-refractivity contribution in [1.82, 2.24) is 0 Å². The summed E-state index contributed by atoms with van der Waals surface area (Å²) >= 11 is 0. The second-order valence-electron chi connectivity index (χ2n) is 6.00. The molecule has 0 saturated carbocycles. The van der Waals surface area contributed by atoms with Crippen LogP contribution < -0.4 is 5.19 Å². The summed E-state index contributed by atoms with van der Waals surface area (Å²) in [5.41, 5.74) is 1.77. The van der Waals surface area contributed by atoms with Crippen LogP contribution in [0, 0.1) is 0 Å². The van der Waals surface area contributed by atoms with Gasteiger partial charge in [-0.1, -0.05) is 78.9 Å². The van der Waals surface area contributed by atoms with Gasteiger partial charge in [0.15, 0.2) is 0 Å². The molecule has 3 heteroatoms. The number of methoxy groups -OCH3 is 1. The fourth-order valence-corrected chi connectivity index (χ4v) is 5.03. The van der Waals surface area contributed by atoms with E-state index in [1.54, 1.807) is 0 Å². The molecule has 0 fully saturated rings. The molecule has 22 heavy (non-hydrogen) atoms. The van der Waals surface area contributed by atoms with Crippen molar-refractivity contribution in [3.63, 3.8) is 0 Å². The highest BCUT2D eigenvalue weighted by molar-refractivity contribution is 6.90. The lowest BCUT2D eigenvalue weighted by Gasteiger charge is -2.23. The van der Waals surface area contributed by atoms with Gasteiger partial charge < -0.3 is 4.74 Å². The minimum absolute atomic E-state index is 0.236. The third-order valence-electron chi connectivity index (χ3n) is 3.78. The first kappa shape index (κ1) is 16.2. The summed E-state index contributed by atoms with van der Waals surface area (Å²) in [6.45, 7) is 4.56. The van der Waals surface area contributed by atoms with Gasteiger partial charge in [0, 0.05) is 5.57 Å². The summed E-state index contributed by atoms with van der Waals surface area (Å²) < 4.78 is 4.98. The van der Waals surface area contributed by atoms with Crippen LogP contribution in [0.4, 0.5) is 0 Å². The number of esters is 1. The third-order valence-corrected chi connectivity index (χ3v) is 6.94. The SMILES string of the molecule is COC(=O)/C(=C\c1ccccc1)C[Si](C)(C)c1ccccc1. The number of rotatable bonds is 5. The van der Waals surface area contributed by atoms with Gasteiger partial charge in [-0.25, -0.2) is 4.79 Å². The molecule has 0 atom stereocenters. The van der Waals surface area contributed by atoms with Crippen molar-refractivity contribution in [2.75, 3.05) is 7.11 Å². The second-order valence-corrected chi connectivity index (χ2v) is 10.7. The van der Waals surface area contributed by atoms with Gasteiger partial charge in [-0.15, -0.1) is 0 Å². The standard InChI is InChI=1S/C19H22O2Si/c1-21-19(20)17(14-16-10-6-4-7-11-16)15-22(2,3)18-12-8-5-9-13-18/h4-14H,15H2,1-3H3/b17-14-. The average molecular weight is 310 g/mol. The highest BCUT2D eigenvalue weighted by Gasteiger charge is 2.27. The van der Waals surface area contributed by atoms with Crippen molar-refractivity contribution in [1.29, 1.82) is 0 Å². The molecular weight excluding hydrogens is 288 g/mol. The van der Waals surface area contributed by atoms with Crippen LogP contribution in [0.5, 0.6) is 0 Å². The van der Waals surface area contributed by atoms with E-state index in [1.807, 2.05) is 42.5 Å². The van der Waals surface area contributed by atoms with Crippen LogP contribution in [-0.4, -0.2) is 21.2 Å². The molecule has 0 unspecified atom stereocenters. The summed E-state index contributed by atoms with van der Waals surface area (Å²) in [5, 5.41) is 1.35. The number of benzene rings is 2. The van der Waals surface area contributed by atoms with Crippen LogP contribution in [0.15, 0.2) is 66.2 Å². The Balaban J connectivity index is 2.31. The smallest absolute Gasteiger partial charge is 0.333 e. The van der Waals surface area contributed by atoms with Crippen molar-refractivity contribution >= 4 is 25.3 Å². The van der Waals surface area contributed by atoms with Gasteiger partial charge in [-0.05, 0) is 17.7 Å². The molecule has 2 aromatic rings.